The van der Waals surface area contributed by atoms with E-state index in [1.54, 1.807) is 25.5 Å². The third kappa shape index (κ3) is 5.94. The number of hydrogen-bond donors (Lipinski definition) is 2. The van der Waals surface area contributed by atoms with E-state index in [2.05, 4.69) is 15.6 Å². The molecule has 2 aliphatic heterocycles. The molecule has 0 saturated heterocycles. The van der Waals surface area contributed by atoms with Crippen LogP contribution < -0.4 is 15.4 Å². The lowest BCUT2D eigenvalue weighted by atomic mass is 10.1. The standard InChI is InChI=1S/C29H29N5O5S/c1-3-24(27(36)31-17-20-7-6-14-39-20)40-29-33-22-9-5-4-8-21(22)26-32-23(28(37)34(26)29)15-25(35)30-16-18-10-12-19(38-2)13-11-18/h4-14,23-24H,3,15-17H2,1-2H3,(H,30,35)(H,31,36)/t23-,24+/m1/s1. The van der Waals surface area contributed by atoms with Gasteiger partial charge in [0.15, 0.2) is 5.17 Å². The van der Waals surface area contributed by atoms with Gasteiger partial charge in [-0.05, 0) is 48.4 Å². The Hall–Kier alpha value is -4.38. The molecule has 5 rings (SSSR count). The molecule has 3 heterocycles. The van der Waals surface area contributed by atoms with Crippen molar-refractivity contribution in [2.45, 2.75) is 44.1 Å². The molecule has 2 aromatic carbocycles. The van der Waals surface area contributed by atoms with Crippen molar-refractivity contribution in [2.24, 2.45) is 9.98 Å². The highest BCUT2D eigenvalue weighted by molar-refractivity contribution is 8.15. The van der Waals surface area contributed by atoms with E-state index in [1.807, 2.05) is 55.5 Å². The van der Waals surface area contributed by atoms with E-state index in [4.69, 9.17) is 14.1 Å². The van der Waals surface area contributed by atoms with E-state index in [0.717, 1.165) is 11.3 Å². The smallest absolute Gasteiger partial charge is 0.259 e. The Morgan fingerprint density at radius 3 is 2.60 bits per heavy atom. The number of benzene rings is 2. The molecule has 2 aliphatic rings. The van der Waals surface area contributed by atoms with Crippen LogP contribution in [0.4, 0.5) is 5.69 Å². The molecule has 11 heteroatoms. The van der Waals surface area contributed by atoms with E-state index < -0.39 is 11.3 Å². The Balaban J connectivity index is 1.29. The number of methoxy groups -OCH3 is 1. The predicted molar refractivity (Wildman–Crippen MR) is 152 cm³/mol. The van der Waals surface area contributed by atoms with Gasteiger partial charge in [0.2, 0.25) is 11.8 Å². The molecule has 10 nitrogen and oxygen atoms in total. The highest BCUT2D eigenvalue weighted by atomic mass is 32.2. The molecule has 1 aromatic heterocycles. The summed E-state index contributed by atoms with van der Waals surface area (Å²) in [5, 5.41) is 5.61. The largest absolute Gasteiger partial charge is 0.497 e. The van der Waals surface area contributed by atoms with Crippen LogP contribution in [0.5, 0.6) is 5.75 Å². The molecule has 40 heavy (non-hydrogen) atoms. The number of furan rings is 1. The number of nitrogens with zero attached hydrogens (tertiary/aromatic N) is 3. The van der Waals surface area contributed by atoms with Crippen LogP contribution in [0.2, 0.25) is 0 Å². The summed E-state index contributed by atoms with van der Waals surface area (Å²) in [5.74, 6) is 0.995. The van der Waals surface area contributed by atoms with Crippen molar-refractivity contribution >= 4 is 46.2 Å². The number of nitrogens with one attached hydrogen (secondary N) is 2. The molecule has 0 aliphatic carbocycles. The Labute approximate surface area is 235 Å². The van der Waals surface area contributed by atoms with Crippen LogP contribution >= 0.6 is 11.8 Å². The van der Waals surface area contributed by atoms with Gasteiger partial charge in [-0.15, -0.1) is 0 Å². The molecule has 0 saturated carbocycles. The lowest BCUT2D eigenvalue weighted by Gasteiger charge is -2.27. The number of rotatable bonds is 10. The summed E-state index contributed by atoms with van der Waals surface area (Å²) in [6.07, 6.45) is 1.97. The minimum Gasteiger partial charge on any atom is -0.497 e. The fourth-order valence-electron chi connectivity index (χ4n) is 4.36. The maximum atomic E-state index is 13.6. The molecule has 0 spiro atoms. The van der Waals surface area contributed by atoms with E-state index in [9.17, 15) is 14.4 Å². The number of carbonyl (C=O) groups excluding carboxylic acids is 3. The first-order valence-corrected chi connectivity index (χ1v) is 13.8. The van der Waals surface area contributed by atoms with Crippen molar-refractivity contribution in [3.05, 3.63) is 83.8 Å². The van der Waals surface area contributed by atoms with Gasteiger partial charge in [-0.25, -0.2) is 9.89 Å². The predicted octanol–water partition coefficient (Wildman–Crippen LogP) is 3.78. The lowest BCUT2D eigenvalue weighted by molar-refractivity contribution is -0.128. The van der Waals surface area contributed by atoms with Gasteiger partial charge < -0.3 is 19.8 Å². The lowest BCUT2D eigenvalue weighted by Crippen LogP contribution is -2.43. The van der Waals surface area contributed by atoms with Crippen LogP contribution in [0.1, 0.15) is 36.7 Å². The second kappa shape index (κ2) is 12.2. The third-order valence-corrected chi connectivity index (χ3v) is 7.82. The maximum Gasteiger partial charge on any atom is 0.259 e. The van der Waals surface area contributed by atoms with Gasteiger partial charge in [0.1, 0.15) is 23.4 Å². The SMILES string of the molecule is CC[C@H](SC1=Nc2ccccc2C2=N[C@H](CC(=O)NCc3ccc(OC)cc3)C(=O)N12)C(=O)NCc1ccco1. The average Bonchev–Trinajstić information content (AvgIpc) is 3.62. The molecule has 3 amide bonds. The second-order valence-electron chi connectivity index (χ2n) is 9.19. The molecule has 0 bridgehead atoms. The van der Waals surface area contributed by atoms with Gasteiger partial charge in [0, 0.05) is 12.1 Å². The highest BCUT2D eigenvalue weighted by Gasteiger charge is 2.43. The number of carbonyl (C=O) groups is 3. The average molecular weight is 560 g/mol. The zero-order valence-electron chi connectivity index (χ0n) is 22.1. The first-order chi connectivity index (χ1) is 19.5. The summed E-state index contributed by atoms with van der Waals surface area (Å²) in [6.45, 7) is 2.49. The summed E-state index contributed by atoms with van der Waals surface area (Å²) in [5.41, 5.74) is 2.27. The van der Waals surface area contributed by atoms with Crippen LogP contribution in [0.3, 0.4) is 0 Å². The molecule has 206 valence electrons. The summed E-state index contributed by atoms with van der Waals surface area (Å²) in [7, 11) is 1.59. The highest BCUT2D eigenvalue weighted by Crippen LogP contribution is 2.35. The molecule has 0 radical (unpaired) electrons. The normalized spacial score (nSPS) is 16.4. The minimum atomic E-state index is -0.893. The van der Waals surface area contributed by atoms with Crippen LogP contribution in [0.15, 0.2) is 81.3 Å². The summed E-state index contributed by atoms with van der Waals surface area (Å²) in [4.78, 5) is 50.1. The number of ether oxygens (including phenoxy) is 1. The van der Waals surface area contributed by atoms with Crippen molar-refractivity contribution in [1.29, 1.82) is 0 Å². The summed E-state index contributed by atoms with van der Waals surface area (Å²) >= 11 is 1.21. The number of amides is 3. The number of hydrogen-bond acceptors (Lipinski definition) is 8. The van der Waals surface area contributed by atoms with Gasteiger partial charge in [-0.1, -0.05) is 43.0 Å². The summed E-state index contributed by atoms with van der Waals surface area (Å²) in [6, 6.07) is 17.4. The molecule has 0 fully saturated rings. The monoisotopic (exact) mass is 559 g/mol. The second-order valence-corrected chi connectivity index (χ2v) is 10.4. The van der Waals surface area contributed by atoms with Crippen LogP contribution in [0.25, 0.3) is 0 Å². The molecule has 2 atom stereocenters. The van der Waals surface area contributed by atoms with Crippen molar-refractivity contribution in [1.82, 2.24) is 15.5 Å². The number of fused-ring (bicyclic) bond motifs is 3. The van der Waals surface area contributed by atoms with Crippen molar-refractivity contribution in [3.8, 4) is 5.75 Å². The van der Waals surface area contributed by atoms with Crippen LogP contribution in [-0.4, -0.2) is 52.0 Å². The molecular formula is C29H29N5O5S. The number of amidine groups is 2. The van der Waals surface area contributed by atoms with E-state index in [0.29, 0.717) is 41.0 Å². The van der Waals surface area contributed by atoms with Gasteiger partial charge in [-0.2, -0.15) is 0 Å². The first-order valence-electron chi connectivity index (χ1n) is 12.9. The first kappa shape index (κ1) is 27.2. The van der Waals surface area contributed by atoms with Crippen molar-refractivity contribution in [2.75, 3.05) is 7.11 Å². The van der Waals surface area contributed by atoms with Crippen molar-refractivity contribution < 1.29 is 23.5 Å². The van der Waals surface area contributed by atoms with Gasteiger partial charge >= 0.3 is 0 Å². The molecule has 2 N–H and O–H groups in total. The molecule has 3 aromatic rings. The van der Waals surface area contributed by atoms with Crippen molar-refractivity contribution in [3.63, 3.8) is 0 Å². The van der Waals surface area contributed by atoms with Gasteiger partial charge in [0.05, 0.1) is 37.3 Å². The Kier molecular flexibility index (Phi) is 8.30. The topological polar surface area (TPSA) is 126 Å². The fourth-order valence-corrected chi connectivity index (χ4v) is 5.40. The minimum absolute atomic E-state index is 0.101. The van der Waals surface area contributed by atoms with E-state index >= 15 is 0 Å². The molecular weight excluding hydrogens is 530 g/mol. The Morgan fingerprint density at radius 1 is 1.07 bits per heavy atom. The quantitative estimate of drug-likeness (QED) is 0.390. The maximum absolute atomic E-state index is 13.6. The van der Waals surface area contributed by atoms with Crippen LogP contribution in [-0.2, 0) is 27.5 Å². The van der Waals surface area contributed by atoms with Gasteiger partial charge in [0.25, 0.3) is 5.91 Å². The van der Waals surface area contributed by atoms with E-state index in [1.165, 1.54) is 16.7 Å². The van der Waals surface area contributed by atoms with Gasteiger partial charge in [-0.3, -0.25) is 19.4 Å². The number of thioether (sulfide) groups is 1. The number of para-hydroxylation sites is 1. The van der Waals surface area contributed by atoms with Crippen LogP contribution in [0, 0.1) is 0 Å². The van der Waals surface area contributed by atoms with E-state index in [-0.39, 0.29) is 30.7 Å². The zero-order chi connectivity index (χ0) is 28.1. The Bertz CT molecular complexity index is 1450. The third-order valence-electron chi connectivity index (χ3n) is 6.50. The zero-order valence-corrected chi connectivity index (χ0v) is 22.9. The summed E-state index contributed by atoms with van der Waals surface area (Å²) < 4.78 is 10.5. The molecule has 0 unspecified atom stereocenters. The fraction of sp³-hybridized carbons (Fsp3) is 0.276. The number of aliphatic imine (C=N–C) groups is 2. The Morgan fingerprint density at radius 2 is 1.88 bits per heavy atom.